The Morgan fingerprint density at radius 1 is 1.38 bits per heavy atom. The van der Waals surface area contributed by atoms with Gasteiger partial charge in [-0.2, -0.15) is 0 Å². The van der Waals surface area contributed by atoms with Gasteiger partial charge in [0, 0.05) is 12.1 Å². The standard InChI is InChI=1S/C5H14N2O/c1-2-4(6)5(7)3-8/h4-5,8H,2-3,6-7H2,1H3. The van der Waals surface area contributed by atoms with Crippen molar-refractivity contribution >= 4 is 0 Å². The first-order chi connectivity index (χ1) is 3.72. The monoisotopic (exact) mass is 118 g/mol. The average Bonchev–Trinajstić information content (AvgIpc) is 1.84. The molecular formula is C5H14N2O. The van der Waals surface area contributed by atoms with Crippen LogP contribution in [0.3, 0.4) is 0 Å². The normalized spacial score (nSPS) is 18.0. The van der Waals surface area contributed by atoms with E-state index in [4.69, 9.17) is 16.6 Å². The molecule has 0 saturated carbocycles. The predicted octanol–water partition coefficient (Wildman–Crippen LogP) is -0.957. The number of nitrogens with two attached hydrogens (primary N) is 2. The quantitative estimate of drug-likeness (QED) is 0.447. The topological polar surface area (TPSA) is 72.3 Å². The zero-order valence-corrected chi connectivity index (χ0v) is 5.17. The van der Waals surface area contributed by atoms with Crippen LogP contribution in [0.2, 0.25) is 0 Å². The summed E-state index contributed by atoms with van der Waals surface area (Å²) in [6.45, 7) is 1.93. The second-order valence-corrected chi connectivity index (χ2v) is 1.92. The van der Waals surface area contributed by atoms with Gasteiger partial charge in [0.15, 0.2) is 0 Å². The first kappa shape index (κ1) is 7.88. The van der Waals surface area contributed by atoms with Crippen LogP contribution in [0.4, 0.5) is 0 Å². The molecule has 0 aliphatic carbocycles. The molecule has 50 valence electrons. The van der Waals surface area contributed by atoms with Crippen molar-refractivity contribution in [1.29, 1.82) is 0 Å². The third-order valence-corrected chi connectivity index (χ3v) is 1.23. The van der Waals surface area contributed by atoms with E-state index >= 15 is 0 Å². The molecule has 0 bridgehead atoms. The van der Waals surface area contributed by atoms with Crippen LogP contribution in [0.15, 0.2) is 0 Å². The Labute approximate surface area is 49.7 Å². The molecule has 0 rings (SSSR count). The van der Waals surface area contributed by atoms with Crippen LogP contribution >= 0.6 is 0 Å². The van der Waals surface area contributed by atoms with E-state index in [0.717, 1.165) is 6.42 Å². The van der Waals surface area contributed by atoms with Gasteiger partial charge in [-0.05, 0) is 6.42 Å². The Hall–Kier alpha value is -0.120. The highest BCUT2D eigenvalue weighted by atomic mass is 16.3. The fraction of sp³-hybridized carbons (Fsp3) is 1.00. The minimum Gasteiger partial charge on any atom is -0.395 e. The maximum atomic E-state index is 8.43. The van der Waals surface area contributed by atoms with Crippen LogP contribution in [0.25, 0.3) is 0 Å². The molecule has 0 aliphatic rings. The van der Waals surface area contributed by atoms with E-state index in [1.165, 1.54) is 0 Å². The van der Waals surface area contributed by atoms with Crippen molar-refractivity contribution in [3.8, 4) is 0 Å². The van der Waals surface area contributed by atoms with Gasteiger partial charge >= 0.3 is 0 Å². The highest BCUT2D eigenvalue weighted by Crippen LogP contribution is 1.89. The molecular weight excluding hydrogens is 104 g/mol. The van der Waals surface area contributed by atoms with Crippen LogP contribution < -0.4 is 11.5 Å². The lowest BCUT2D eigenvalue weighted by atomic mass is 10.1. The van der Waals surface area contributed by atoms with Gasteiger partial charge in [-0.1, -0.05) is 6.92 Å². The Morgan fingerprint density at radius 2 is 1.88 bits per heavy atom. The summed E-state index contributed by atoms with van der Waals surface area (Å²) in [5, 5.41) is 8.43. The number of rotatable bonds is 3. The van der Waals surface area contributed by atoms with Crippen LogP contribution in [0.5, 0.6) is 0 Å². The molecule has 5 N–H and O–H groups in total. The maximum absolute atomic E-state index is 8.43. The van der Waals surface area contributed by atoms with Gasteiger partial charge in [0.05, 0.1) is 6.61 Å². The molecule has 0 aromatic rings. The highest BCUT2D eigenvalue weighted by Gasteiger charge is 2.07. The Morgan fingerprint density at radius 3 is 2.00 bits per heavy atom. The SMILES string of the molecule is CCC(N)C(N)CO. The molecule has 0 amide bonds. The first-order valence-electron chi connectivity index (χ1n) is 2.84. The number of hydrogen-bond acceptors (Lipinski definition) is 3. The van der Waals surface area contributed by atoms with Crippen molar-refractivity contribution in [2.24, 2.45) is 11.5 Å². The van der Waals surface area contributed by atoms with E-state index < -0.39 is 0 Å². The lowest BCUT2D eigenvalue weighted by molar-refractivity contribution is 0.247. The Balaban J connectivity index is 3.29. The molecule has 0 aromatic heterocycles. The second-order valence-electron chi connectivity index (χ2n) is 1.92. The van der Waals surface area contributed by atoms with Crippen LogP contribution in [-0.2, 0) is 0 Å². The largest absolute Gasteiger partial charge is 0.395 e. The molecule has 0 aliphatic heterocycles. The van der Waals surface area contributed by atoms with E-state index in [0.29, 0.717) is 0 Å². The van der Waals surface area contributed by atoms with Crippen molar-refractivity contribution in [2.75, 3.05) is 6.61 Å². The lowest BCUT2D eigenvalue weighted by Crippen LogP contribution is -2.43. The third-order valence-electron chi connectivity index (χ3n) is 1.23. The minimum absolute atomic E-state index is 0.0188. The summed E-state index contributed by atoms with van der Waals surface area (Å²) in [6, 6.07) is -0.306. The molecule has 0 heterocycles. The van der Waals surface area contributed by atoms with E-state index in [1.807, 2.05) is 6.92 Å². The number of hydrogen-bond donors (Lipinski definition) is 3. The molecule has 0 radical (unpaired) electrons. The first-order valence-corrected chi connectivity index (χ1v) is 2.84. The Bertz CT molecular complexity index is 50.4. The number of aliphatic hydroxyl groups excluding tert-OH is 1. The van der Waals surface area contributed by atoms with Crippen LogP contribution in [-0.4, -0.2) is 23.8 Å². The molecule has 3 heteroatoms. The molecule has 3 nitrogen and oxygen atoms in total. The molecule has 0 saturated heterocycles. The predicted molar refractivity (Wildman–Crippen MR) is 33.3 cm³/mol. The molecule has 0 fully saturated rings. The fourth-order valence-corrected chi connectivity index (χ4v) is 0.438. The average molecular weight is 118 g/mol. The molecule has 0 aromatic carbocycles. The van der Waals surface area contributed by atoms with Gasteiger partial charge in [0.25, 0.3) is 0 Å². The lowest BCUT2D eigenvalue weighted by Gasteiger charge is -2.14. The van der Waals surface area contributed by atoms with Crippen LogP contribution in [0.1, 0.15) is 13.3 Å². The summed E-state index contributed by atoms with van der Waals surface area (Å²) >= 11 is 0. The van der Waals surface area contributed by atoms with E-state index in [1.54, 1.807) is 0 Å². The summed E-state index contributed by atoms with van der Waals surface area (Å²) in [7, 11) is 0. The smallest absolute Gasteiger partial charge is 0.0597 e. The minimum atomic E-state index is -0.250. The van der Waals surface area contributed by atoms with Crippen molar-refractivity contribution in [1.82, 2.24) is 0 Å². The maximum Gasteiger partial charge on any atom is 0.0597 e. The van der Waals surface area contributed by atoms with Gasteiger partial charge in [-0.15, -0.1) is 0 Å². The highest BCUT2D eigenvalue weighted by molar-refractivity contribution is 4.72. The summed E-state index contributed by atoms with van der Waals surface area (Å²) in [6.07, 6.45) is 0.821. The zero-order chi connectivity index (χ0) is 6.57. The molecule has 8 heavy (non-hydrogen) atoms. The van der Waals surface area contributed by atoms with Crippen molar-refractivity contribution < 1.29 is 5.11 Å². The summed E-state index contributed by atoms with van der Waals surface area (Å²) < 4.78 is 0. The Kier molecular flexibility index (Phi) is 3.77. The van der Waals surface area contributed by atoms with E-state index in [9.17, 15) is 0 Å². The summed E-state index contributed by atoms with van der Waals surface area (Å²) in [5.41, 5.74) is 10.8. The van der Waals surface area contributed by atoms with Crippen molar-refractivity contribution in [3.63, 3.8) is 0 Å². The molecule has 2 atom stereocenters. The van der Waals surface area contributed by atoms with Gasteiger partial charge in [0.2, 0.25) is 0 Å². The van der Waals surface area contributed by atoms with Gasteiger partial charge in [-0.25, -0.2) is 0 Å². The van der Waals surface area contributed by atoms with Gasteiger partial charge in [-0.3, -0.25) is 0 Å². The zero-order valence-electron chi connectivity index (χ0n) is 5.17. The summed E-state index contributed by atoms with van der Waals surface area (Å²) in [5.74, 6) is 0. The molecule has 2 unspecified atom stereocenters. The van der Waals surface area contributed by atoms with Crippen LogP contribution in [0, 0.1) is 0 Å². The fourth-order valence-electron chi connectivity index (χ4n) is 0.438. The third kappa shape index (κ3) is 2.26. The van der Waals surface area contributed by atoms with Gasteiger partial charge < -0.3 is 16.6 Å². The van der Waals surface area contributed by atoms with Crippen molar-refractivity contribution in [2.45, 2.75) is 25.4 Å². The second kappa shape index (κ2) is 3.83. The van der Waals surface area contributed by atoms with Crippen molar-refractivity contribution in [3.05, 3.63) is 0 Å². The number of aliphatic hydroxyl groups is 1. The van der Waals surface area contributed by atoms with E-state index in [-0.39, 0.29) is 18.7 Å². The molecule has 0 spiro atoms. The van der Waals surface area contributed by atoms with E-state index in [2.05, 4.69) is 0 Å². The summed E-state index contributed by atoms with van der Waals surface area (Å²) in [4.78, 5) is 0. The van der Waals surface area contributed by atoms with Gasteiger partial charge in [0.1, 0.15) is 0 Å².